The molecular formula is C35H40N2O7. The standard InChI is InChI=1S/C35H40N2O7/c1-34(2,3)44-33(40)36-22-24-8-7-10-26(16-24)28-17-25(23-42-30-11-6-5-9-27(30)20-31(38)41-4)18-29(19-28)37-14-12-35(13-15-37)21-32(39)43-35/h5-11,16-19H,12-15,20-23H2,1-4H3,(H,36,40). The number of hydrogen-bond donors (Lipinski definition) is 1. The van der Waals surface area contributed by atoms with Crippen molar-refractivity contribution in [2.75, 3.05) is 25.1 Å². The van der Waals surface area contributed by atoms with E-state index in [-0.39, 0.29) is 24.0 Å². The van der Waals surface area contributed by atoms with Crippen molar-refractivity contribution < 1.29 is 33.3 Å². The molecule has 3 aromatic carbocycles. The Bertz CT molecular complexity index is 1510. The molecule has 0 saturated carbocycles. The van der Waals surface area contributed by atoms with E-state index in [1.165, 1.54) is 7.11 Å². The maximum Gasteiger partial charge on any atom is 0.407 e. The fourth-order valence-electron chi connectivity index (χ4n) is 5.58. The van der Waals surface area contributed by atoms with Crippen LogP contribution in [-0.2, 0) is 43.4 Å². The minimum absolute atomic E-state index is 0.117. The first kappa shape index (κ1) is 30.9. The van der Waals surface area contributed by atoms with Crippen molar-refractivity contribution in [1.29, 1.82) is 0 Å². The Balaban J connectivity index is 1.38. The molecule has 9 nitrogen and oxygen atoms in total. The van der Waals surface area contributed by atoms with Crippen LogP contribution in [0.4, 0.5) is 10.5 Å². The van der Waals surface area contributed by atoms with Gasteiger partial charge in [0, 0.05) is 43.7 Å². The second-order valence-electron chi connectivity index (χ2n) is 12.4. The number of rotatable bonds is 9. The van der Waals surface area contributed by atoms with Crippen LogP contribution in [0.3, 0.4) is 0 Å². The lowest BCUT2D eigenvalue weighted by atomic mass is 9.84. The Kier molecular flexibility index (Phi) is 9.13. The highest BCUT2D eigenvalue weighted by Gasteiger charge is 2.47. The highest BCUT2D eigenvalue weighted by molar-refractivity contribution is 5.77. The summed E-state index contributed by atoms with van der Waals surface area (Å²) in [5, 5.41) is 2.83. The summed E-state index contributed by atoms with van der Waals surface area (Å²) < 4.78 is 22.0. The molecule has 2 fully saturated rings. The van der Waals surface area contributed by atoms with E-state index in [0.717, 1.165) is 59.4 Å². The number of ether oxygens (including phenoxy) is 4. The van der Waals surface area contributed by atoms with Crippen LogP contribution in [0.1, 0.15) is 56.7 Å². The second kappa shape index (κ2) is 13.0. The number of benzene rings is 3. The number of esters is 2. The fourth-order valence-corrected chi connectivity index (χ4v) is 5.58. The highest BCUT2D eigenvalue weighted by Crippen LogP contribution is 2.39. The molecule has 1 N–H and O–H groups in total. The Morgan fingerprint density at radius 1 is 0.955 bits per heavy atom. The van der Waals surface area contributed by atoms with Gasteiger partial charge in [-0.15, -0.1) is 0 Å². The third-order valence-electron chi connectivity index (χ3n) is 7.84. The van der Waals surface area contributed by atoms with E-state index in [2.05, 4.69) is 34.5 Å². The third kappa shape index (κ3) is 7.89. The van der Waals surface area contributed by atoms with Crippen molar-refractivity contribution in [2.24, 2.45) is 0 Å². The number of amides is 1. The van der Waals surface area contributed by atoms with Crippen molar-refractivity contribution in [3.63, 3.8) is 0 Å². The van der Waals surface area contributed by atoms with E-state index in [4.69, 9.17) is 18.9 Å². The number of carbonyl (C=O) groups is 3. The smallest absolute Gasteiger partial charge is 0.407 e. The van der Waals surface area contributed by atoms with E-state index in [1.807, 2.05) is 63.2 Å². The Labute approximate surface area is 258 Å². The molecule has 2 saturated heterocycles. The number of nitrogens with one attached hydrogen (secondary N) is 1. The van der Waals surface area contributed by atoms with Crippen molar-refractivity contribution in [1.82, 2.24) is 5.32 Å². The number of piperidine rings is 1. The van der Waals surface area contributed by atoms with Gasteiger partial charge in [0.25, 0.3) is 0 Å². The zero-order valence-corrected chi connectivity index (χ0v) is 25.8. The summed E-state index contributed by atoms with van der Waals surface area (Å²) in [7, 11) is 1.37. The SMILES string of the molecule is COC(=O)Cc1ccccc1OCc1cc(-c2cccc(CNC(=O)OC(C)(C)C)c2)cc(N2CCC3(CC2)CC(=O)O3)c1. The van der Waals surface area contributed by atoms with Gasteiger partial charge in [-0.05, 0) is 73.4 Å². The lowest BCUT2D eigenvalue weighted by molar-refractivity contribution is -0.194. The molecule has 1 spiro atoms. The molecule has 0 unspecified atom stereocenters. The molecule has 0 bridgehead atoms. The van der Waals surface area contributed by atoms with E-state index < -0.39 is 11.7 Å². The van der Waals surface area contributed by atoms with Crippen molar-refractivity contribution in [3.8, 4) is 16.9 Å². The first-order chi connectivity index (χ1) is 21.0. The number of methoxy groups -OCH3 is 1. The van der Waals surface area contributed by atoms with Gasteiger partial charge in [-0.3, -0.25) is 9.59 Å². The van der Waals surface area contributed by atoms with Crippen LogP contribution < -0.4 is 15.0 Å². The summed E-state index contributed by atoms with van der Waals surface area (Å²) in [6, 6.07) is 21.9. The minimum atomic E-state index is -0.570. The van der Waals surface area contributed by atoms with E-state index in [1.54, 1.807) is 0 Å². The molecule has 2 aliphatic rings. The number of alkyl carbamates (subject to hydrolysis) is 1. The van der Waals surface area contributed by atoms with Gasteiger partial charge in [-0.25, -0.2) is 4.79 Å². The van der Waals surface area contributed by atoms with Gasteiger partial charge in [0.2, 0.25) is 0 Å². The van der Waals surface area contributed by atoms with E-state index in [9.17, 15) is 14.4 Å². The largest absolute Gasteiger partial charge is 0.489 e. The number of anilines is 1. The number of para-hydroxylation sites is 1. The quantitative estimate of drug-likeness (QED) is 0.237. The van der Waals surface area contributed by atoms with Crippen LogP contribution in [0.5, 0.6) is 5.75 Å². The second-order valence-corrected chi connectivity index (χ2v) is 12.4. The average molecular weight is 601 g/mol. The first-order valence-electron chi connectivity index (χ1n) is 15.0. The van der Waals surface area contributed by atoms with Crippen LogP contribution >= 0.6 is 0 Å². The van der Waals surface area contributed by atoms with Gasteiger partial charge >= 0.3 is 18.0 Å². The number of carbonyl (C=O) groups excluding carboxylic acids is 3. The lowest BCUT2D eigenvalue weighted by Crippen LogP contribution is -2.54. The Morgan fingerprint density at radius 2 is 1.68 bits per heavy atom. The van der Waals surface area contributed by atoms with E-state index in [0.29, 0.717) is 25.3 Å². The molecule has 232 valence electrons. The molecule has 0 aliphatic carbocycles. The highest BCUT2D eigenvalue weighted by atomic mass is 16.6. The summed E-state index contributed by atoms with van der Waals surface area (Å²) >= 11 is 0. The Morgan fingerprint density at radius 3 is 2.39 bits per heavy atom. The summed E-state index contributed by atoms with van der Waals surface area (Å²) in [5.41, 5.74) is 4.87. The number of hydrogen-bond acceptors (Lipinski definition) is 8. The molecule has 5 rings (SSSR count). The Hall–Kier alpha value is -4.53. The van der Waals surface area contributed by atoms with Gasteiger partial charge < -0.3 is 29.2 Å². The third-order valence-corrected chi connectivity index (χ3v) is 7.84. The topological polar surface area (TPSA) is 103 Å². The molecule has 2 aliphatic heterocycles. The lowest BCUT2D eigenvalue weighted by Gasteiger charge is -2.46. The van der Waals surface area contributed by atoms with Crippen molar-refractivity contribution >= 4 is 23.7 Å². The zero-order valence-electron chi connectivity index (χ0n) is 25.8. The van der Waals surface area contributed by atoms with Crippen molar-refractivity contribution in [3.05, 3.63) is 83.4 Å². The average Bonchev–Trinajstić information content (AvgIpc) is 2.98. The van der Waals surface area contributed by atoms with Crippen LogP contribution in [0.15, 0.2) is 66.7 Å². The van der Waals surface area contributed by atoms with Gasteiger partial charge in [0.15, 0.2) is 0 Å². The van der Waals surface area contributed by atoms with Gasteiger partial charge in [0.1, 0.15) is 23.6 Å². The molecule has 3 aromatic rings. The molecule has 0 atom stereocenters. The maximum atomic E-state index is 12.2. The summed E-state index contributed by atoms with van der Waals surface area (Å²) in [5.74, 6) is 0.187. The molecule has 44 heavy (non-hydrogen) atoms. The van der Waals surface area contributed by atoms with Crippen LogP contribution in [0.2, 0.25) is 0 Å². The molecule has 0 aromatic heterocycles. The fraction of sp³-hybridized carbons (Fsp3) is 0.400. The number of nitrogens with zero attached hydrogens (tertiary/aromatic N) is 1. The summed E-state index contributed by atoms with van der Waals surface area (Å²) in [4.78, 5) is 38.0. The van der Waals surface area contributed by atoms with Crippen LogP contribution in [0.25, 0.3) is 11.1 Å². The normalized spacial score (nSPS) is 15.6. The molecular weight excluding hydrogens is 560 g/mol. The van der Waals surface area contributed by atoms with Crippen LogP contribution in [0, 0.1) is 0 Å². The summed E-state index contributed by atoms with van der Waals surface area (Å²) in [6.07, 6.45) is 1.75. The molecule has 1 amide bonds. The predicted molar refractivity (Wildman–Crippen MR) is 166 cm³/mol. The first-order valence-corrected chi connectivity index (χ1v) is 15.0. The van der Waals surface area contributed by atoms with Gasteiger partial charge in [0.05, 0.1) is 20.0 Å². The monoisotopic (exact) mass is 600 g/mol. The molecule has 2 heterocycles. The van der Waals surface area contributed by atoms with Gasteiger partial charge in [-0.1, -0.05) is 36.4 Å². The maximum absolute atomic E-state index is 12.2. The zero-order chi connectivity index (χ0) is 31.3. The molecule has 0 radical (unpaired) electrons. The van der Waals surface area contributed by atoms with Crippen molar-refractivity contribution in [2.45, 2.75) is 70.8 Å². The van der Waals surface area contributed by atoms with Crippen LogP contribution in [-0.4, -0.2) is 49.4 Å². The minimum Gasteiger partial charge on any atom is -0.489 e. The predicted octanol–water partition coefficient (Wildman–Crippen LogP) is 5.96. The van der Waals surface area contributed by atoms with Gasteiger partial charge in [-0.2, -0.15) is 0 Å². The molecule has 9 heteroatoms. The van der Waals surface area contributed by atoms with E-state index >= 15 is 0 Å². The summed E-state index contributed by atoms with van der Waals surface area (Å²) in [6.45, 7) is 7.69.